The first-order chi connectivity index (χ1) is 17.1. The molecule has 0 spiro atoms. The number of amides is 1. The van der Waals surface area contributed by atoms with Crippen LogP contribution in [0.15, 0.2) is 17.0 Å². The summed E-state index contributed by atoms with van der Waals surface area (Å²) in [6.45, 7) is 7.11. The largest absolute Gasteiger partial charge is 0.497 e. The molecule has 1 saturated carbocycles. The van der Waals surface area contributed by atoms with Gasteiger partial charge in [-0.25, -0.2) is 8.42 Å². The summed E-state index contributed by atoms with van der Waals surface area (Å²) in [4.78, 5) is 17.2. The molecule has 2 fully saturated rings. The van der Waals surface area contributed by atoms with E-state index in [1.54, 1.807) is 38.0 Å². The second kappa shape index (κ2) is 13.2. The fourth-order valence-electron chi connectivity index (χ4n) is 5.58. The normalized spacial score (nSPS) is 21.2. The number of carbonyl (C=O) groups excluding carboxylic acids is 1. The molecular weight excluding hydrogens is 478 g/mol. The minimum absolute atomic E-state index is 0.0350. The van der Waals surface area contributed by atoms with E-state index in [0.29, 0.717) is 22.8 Å². The van der Waals surface area contributed by atoms with Crippen LogP contribution in [0.5, 0.6) is 5.75 Å². The van der Waals surface area contributed by atoms with E-state index in [4.69, 9.17) is 9.47 Å². The Balaban J connectivity index is 1.36. The van der Waals surface area contributed by atoms with Crippen LogP contribution in [-0.4, -0.2) is 95.1 Å². The minimum Gasteiger partial charge on any atom is -0.497 e. The van der Waals surface area contributed by atoms with Crippen molar-refractivity contribution in [2.24, 2.45) is 5.92 Å². The van der Waals surface area contributed by atoms with Crippen molar-refractivity contribution in [3.05, 3.63) is 23.3 Å². The first-order valence-electron chi connectivity index (χ1n) is 13.3. The van der Waals surface area contributed by atoms with E-state index in [0.717, 1.165) is 19.0 Å². The molecule has 1 aromatic rings. The van der Waals surface area contributed by atoms with Crippen molar-refractivity contribution in [2.75, 3.05) is 60.6 Å². The number of ether oxygens (including phenoxy) is 2. The summed E-state index contributed by atoms with van der Waals surface area (Å²) in [5.74, 6) is 1.27. The van der Waals surface area contributed by atoms with Gasteiger partial charge in [-0.15, -0.1) is 0 Å². The zero-order valence-corrected chi connectivity index (χ0v) is 23.6. The van der Waals surface area contributed by atoms with Gasteiger partial charge in [-0.3, -0.25) is 4.79 Å². The third kappa shape index (κ3) is 7.43. The maximum Gasteiger partial charge on any atom is 0.248 e. The average Bonchev–Trinajstić information content (AvgIpc) is 3.39. The highest BCUT2D eigenvalue weighted by atomic mass is 32.2. The van der Waals surface area contributed by atoms with Gasteiger partial charge in [-0.1, -0.05) is 0 Å². The molecular formula is C27H45N3O5S. The highest BCUT2D eigenvalue weighted by molar-refractivity contribution is 7.89. The molecule has 0 unspecified atom stereocenters. The fraction of sp³-hybridized carbons (Fsp3) is 0.741. The lowest BCUT2D eigenvalue weighted by atomic mass is 9.83. The molecule has 1 aliphatic carbocycles. The molecule has 2 aliphatic rings. The molecule has 0 atom stereocenters. The number of benzene rings is 1. The lowest BCUT2D eigenvalue weighted by molar-refractivity contribution is -0.135. The van der Waals surface area contributed by atoms with Gasteiger partial charge in [0.15, 0.2) is 0 Å². The highest BCUT2D eigenvalue weighted by Crippen LogP contribution is 2.31. The number of aryl methyl sites for hydroxylation is 2. The Bertz CT molecular complexity index is 947. The number of hydrogen-bond donors (Lipinski definition) is 0. The average molecular weight is 524 g/mol. The summed E-state index contributed by atoms with van der Waals surface area (Å²) >= 11 is 0. The molecule has 0 aromatic heterocycles. The smallest absolute Gasteiger partial charge is 0.248 e. The van der Waals surface area contributed by atoms with Crippen molar-refractivity contribution in [1.29, 1.82) is 0 Å². The van der Waals surface area contributed by atoms with E-state index in [2.05, 4.69) is 4.90 Å². The number of sulfonamides is 1. The predicted octanol–water partition coefficient (Wildman–Crippen LogP) is 3.45. The molecule has 9 heteroatoms. The Morgan fingerprint density at radius 2 is 1.64 bits per heavy atom. The minimum atomic E-state index is -3.67. The summed E-state index contributed by atoms with van der Waals surface area (Å²) in [5.41, 5.74) is 1.28. The van der Waals surface area contributed by atoms with Crippen LogP contribution in [0.3, 0.4) is 0 Å². The second-order valence-electron chi connectivity index (χ2n) is 10.5. The summed E-state index contributed by atoms with van der Waals surface area (Å²) in [5, 5.41) is 0. The molecule has 8 nitrogen and oxygen atoms in total. The third-order valence-corrected chi connectivity index (χ3v) is 10.0. The molecule has 0 bridgehead atoms. The highest BCUT2D eigenvalue weighted by Gasteiger charge is 2.28. The molecule has 1 aliphatic heterocycles. The van der Waals surface area contributed by atoms with E-state index in [1.807, 2.05) is 7.05 Å². The van der Waals surface area contributed by atoms with Crippen molar-refractivity contribution in [2.45, 2.75) is 69.7 Å². The van der Waals surface area contributed by atoms with E-state index >= 15 is 0 Å². The van der Waals surface area contributed by atoms with Gasteiger partial charge in [0, 0.05) is 33.2 Å². The zero-order chi connectivity index (χ0) is 26.3. The molecule has 0 radical (unpaired) electrons. The molecule has 1 heterocycles. The van der Waals surface area contributed by atoms with Gasteiger partial charge in [-0.05, 0) is 101 Å². The van der Waals surface area contributed by atoms with Crippen molar-refractivity contribution in [3.63, 3.8) is 0 Å². The Labute approximate surface area is 218 Å². The van der Waals surface area contributed by atoms with Crippen LogP contribution < -0.4 is 4.74 Å². The summed E-state index contributed by atoms with van der Waals surface area (Å²) < 4.78 is 38.3. The number of nitrogens with zero attached hydrogens (tertiary/aromatic N) is 3. The molecule has 1 amide bonds. The van der Waals surface area contributed by atoms with E-state index in [9.17, 15) is 13.2 Å². The molecule has 36 heavy (non-hydrogen) atoms. The van der Waals surface area contributed by atoms with Gasteiger partial charge in [-0.2, -0.15) is 4.31 Å². The van der Waals surface area contributed by atoms with Gasteiger partial charge < -0.3 is 19.3 Å². The number of rotatable bonds is 12. The molecule has 0 N–H and O–H groups in total. The SMILES string of the molecule is COc1cc(C)c(S(=O)(=O)N(C)CCOCC(=O)N(C)CC[C@H]2CC[C@@H](N3CCCC3)CC2)c(C)c1. The Morgan fingerprint density at radius 1 is 1.03 bits per heavy atom. The summed E-state index contributed by atoms with van der Waals surface area (Å²) in [6.07, 6.45) is 8.83. The van der Waals surface area contributed by atoms with Crippen LogP contribution in [0.25, 0.3) is 0 Å². The van der Waals surface area contributed by atoms with Gasteiger partial charge in [0.25, 0.3) is 0 Å². The Hall–Kier alpha value is -1.68. The van der Waals surface area contributed by atoms with Crippen LogP contribution in [0.4, 0.5) is 0 Å². The summed E-state index contributed by atoms with van der Waals surface area (Å²) in [6, 6.07) is 4.21. The van der Waals surface area contributed by atoms with E-state index < -0.39 is 10.0 Å². The van der Waals surface area contributed by atoms with Gasteiger partial charge in [0.05, 0.1) is 18.6 Å². The van der Waals surface area contributed by atoms with E-state index in [1.165, 1.54) is 63.0 Å². The number of likely N-dealkylation sites (N-methyl/N-ethyl adjacent to an activating group) is 2. The summed E-state index contributed by atoms with van der Waals surface area (Å²) in [7, 11) is 1.25. The molecule has 204 valence electrons. The van der Waals surface area contributed by atoms with Crippen LogP contribution in [0.1, 0.15) is 56.1 Å². The predicted molar refractivity (Wildman–Crippen MR) is 142 cm³/mol. The first-order valence-corrected chi connectivity index (χ1v) is 14.7. The molecule has 3 rings (SSSR count). The lowest BCUT2D eigenvalue weighted by Gasteiger charge is -2.35. The lowest BCUT2D eigenvalue weighted by Crippen LogP contribution is -2.37. The number of methoxy groups -OCH3 is 1. The van der Waals surface area contributed by atoms with Crippen molar-refractivity contribution in [3.8, 4) is 5.75 Å². The first kappa shape index (κ1) is 28.9. The Morgan fingerprint density at radius 3 is 2.22 bits per heavy atom. The number of carbonyl (C=O) groups is 1. The topological polar surface area (TPSA) is 79.4 Å². The quantitative estimate of drug-likeness (QED) is 0.391. The monoisotopic (exact) mass is 523 g/mol. The van der Waals surface area contributed by atoms with Crippen molar-refractivity contribution >= 4 is 15.9 Å². The molecule has 1 aromatic carbocycles. The number of likely N-dealkylation sites (tertiary alicyclic amines) is 1. The van der Waals surface area contributed by atoms with E-state index in [-0.39, 0.29) is 30.6 Å². The van der Waals surface area contributed by atoms with Crippen molar-refractivity contribution < 1.29 is 22.7 Å². The Kier molecular flexibility index (Phi) is 10.6. The standard InChI is InChI=1S/C27H45N3O5S/c1-21-18-25(34-5)19-22(2)27(21)36(32,33)29(4)16-17-35-20-26(31)28(3)15-12-23-8-10-24(11-9-23)30-13-6-7-14-30/h18-19,23-24H,6-17,20H2,1-5H3/t23-,24+. The van der Waals surface area contributed by atoms with Crippen LogP contribution in [0.2, 0.25) is 0 Å². The van der Waals surface area contributed by atoms with Crippen LogP contribution in [0, 0.1) is 19.8 Å². The molecule has 1 saturated heterocycles. The maximum atomic E-state index is 13.1. The van der Waals surface area contributed by atoms with Crippen LogP contribution in [-0.2, 0) is 19.6 Å². The third-order valence-electron chi connectivity index (χ3n) is 7.89. The number of hydrogen-bond acceptors (Lipinski definition) is 6. The van der Waals surface area contributed by atoms with Gasteiger partial charge in [0.2, 0.25) is 15.9 Å². The second-order valence-corrected chi connectivity index (χ2v) is 12.5. The van der Waals surface area contributed by atoms with Gasteiger partial charge in [0.1, 0.15) is 12.4 Å². The maximum absolute atomic E-state index is 13.1. The van der Waals surface area contributed by atoms with Gasteiger partial charge >= 0.3 is 0 Å². The zero-order valence-electron chi connectivity index (χ0n) is 22.8. The van der Waals surface area contributed by atoms with Crippen molar-refractivity contribution in [1.82, 2.24) is 14.1 Å². The fourth-order valence-corrected chi connectivity index (χ4v) is 7.14. The van der Waals surface area contributed by atoms with Crippen LogP contribution >= 0.6 is 0 Å².